The van der Waals surface area contributed by atoms with Gasteiger partial charge in [-0.25, -0.2) is 10.2 Å². The summed E-state index contributed by atoms with van der Waals surface area (Å²) in [5.74, 6) is 3.05. The summed E-state index contributed by atoms with van der Waals surface area (Å²) < 4.78 is 9.18. The second-order valence-electron chi connectivity index (χ2n) is 8.21. The van der Waals surface area contributed by atoms with Gasteiger partial charge in [0.1, 0.15) is 5.75 Å². The first-order valence-electron chi connectivity index (χ1n) is 11.5. The van der Waals surface area contributed by atoms with Crippen molar-refractivity contribution in [2.75, 3.05) is 7.11 Å². The van der Waals surface area contributed by atoms with Crippen molar-refractivity contribution in [3.8, 4) is 23.0 Å². The van der Waals surface area contributed by atoms with Crippen molar-refractivity contribution in [1.29, 1.82) is 5.26 Å². The zero-order valence-corrected chi connectivity index (χ0v) is 19.6. The third-order valence-corrected chi connectivity index (χ3v) is 6.27. The van der Waals surface area contributed by atoms with Crippen LogP contribution in [0.3, 0.4) is 0 Å². The predicted molar refractivity (Wildman–Crippen MR) is 133 cm³/mol. The van der Waals surface area contributed by atoms with Crippen LogP contribution in [-0.2, 0) is 7.05 Å². The Kier molecular flexibility index (Phi) is 6.50. The van der Waals surface area contributed by atoms with Crippen molar-refractivity contribution in [3.63, 3.8) is 0 Å². The number of aromatic nitrogens is 4. The molecule has 0 atom stereocenters. The van der Waals surface area contributed by atoms with Crippen molar-refractivity contribution in [3.05, 3.63) is 53.1 Å². The Morgan fingerprint density at radius 3 is 2.61 bits per heavy atom. The number of nitrogens with zero attached hydrogens (tertiary/aromatic N) is 5. The minimum Gasteiger partial charge on any atom is -0.496 e. The van der Waals surface area contributed by atoms with Gasteiger partial charge in [-0.3, -0.25) is 9.48 Å². The van der Waals surface area contributed by atoms with Gasteiger partial charge in [-0.15, -0.1) is 0 Å². The first-order valence-corrected chi connectivity index (χ1v) is 11.5. The largest absolute Gasteiger partial charge is 0.496 e. The summed E-state index contributed by atoms with van der Waals surface area (Å²) >= 11 is 0. The molecule has 7 nitrogen and oxygen atoms in total. The lowest BCUT2D eigenvalue weighted by Gasteiger charge is -2.25. The van der Waals surface area contributed by atoms with Gasteiger partial charge in [0.25, 0.3) is 12.3 Å². The van der Waals surface area contributed by atoms with Crippen LogP contribution >= 0.6 is 0 Å². The molecule has 168 valence electrons. The van der Waals surface area contributed by atoms with Gasteiger partial charge < -0.3 is 9.30 Å². The molecule has 0 saturated carbocycles. The van der Waals surface area contributed by atoms with E-state index in [0.29, 0.717) is 16.7 Å². The lowest BCUT2D eigenvalue weighted by molar-refractivity contribution is 0.417. The molecule has 0 amide bonds. The summed E-state index contributed by atoms with van der Waals surface area (Å²) in [5.41, 5.74) is 3.12. The standard InChI is InChI=1S/C23H22BN5O2.C2H6/c1-28-13-15-11-18(22(31-2)12-21(15)27-28)19-4-3-17-20(26-19)7-10-29(23(17)30)16-5-8-24(14-25)9-6-16;1-2/h3-4,7,10-13,16H,5-6,8-9H2,1-2H3;1-2H3. The Morgan fingerprint density at radius 1 is 1.15 bits per heavy atom. The predicted octanol–water partition coefficient (Wildman–Crippen LogP) is 4.88. The first-order chi connectivity index (χ1) is 16.1. The van der Waals surface area contributed by atoms with Crippen LogP contribution in [0.2, 0.25) is 12.6 Å². The molecule has 0 unspecified atom stereocenters. The molecule has 1 aliphatic heterocycles. The maximum absolute atomic E-state index is 13.1. The number of hydrogen-bond donors (Lipinski definition) is 0. The highest BCUT2D eigenvalue weighted by Crippen LogP contribution is 2.34. The highest BCUT2D eigenvalue weighted by atomic mass is 16.5. The van der Waals surface area contributed by atoms with E-state index >= 15 is 0 Å². The van der Waals surface area contributed by atoms with Gasteiger partial charge in [0.2, 0.25) is 0 Å². The van der Waals surface area contributed by atoms with Crippen LogP contribution < -0.4 is 10.3 Å². The number of ether oxygens (including phenoxy) is 1. The maximum atomic E-state index is 13.1. The zero-order valence-electron chi connectivity index (χ0n) is 19.6. The summed E-state index contributed by atoms with van der Waals surface area (Å²) in [6.45, 7) is 4.11. The number of fused-ring (bicyclic) bond motifs is 2. The molecule has 1 fully saturated rings. The number of benzene rings is 1. The van der Waals surface area contributed by atoms with E-state index in [4.69, 9.17) is 15.0 Å². The minimum absolute atomic E-state index is 0.0216. The van der Waals surface area contributed by atoms with E-state index in [1.807, 2.05) is 68.2 Å². The fourth-order valence-corrected chi connectivity index (χ4v) is 4.61. The second-order valence-corrected chi connectivity index (χ2v) is 8.21. The van der Waals surface area contributed by atoms with Crippen LogP contribution in [0.5, 0.6) is 5.75 Å². The molecule has 0 radical (unpaired) electrons. The number of pyridine rings is 2. The molecule has 4 heterocycles. The summed E-state index contributed by atoms with van der Waals surface area (Å²) in [6, 6.07) is 9.71. The van der Waals surface area contributed by atoms with E-state index in [0.717, 1.165) is 47.6 Å². The van der Waals surface area contributed by atoms with Crippen molar-refractivity contribution in [2.24, 2.45) is 7.05 Å². The third-order valence-electron chi connectivity index (χ3n) is 6.27. The van der Waals surface area contributed by atoms with Crippen LogP contribution in [0.4, 0.5) is 0 Å². The quantitative estimate of drug-likeness (QED) is 0.423. The van der Waals surface area contributed by atoms with Crippen LogP contribution in [0.25, 0.3) is 33.1 Å². The molecule has 0 spiro atoms. The Balaban J connectivity index is 0.00000126. The number of hydrogen-bond acceptors (Lipinski definition) is 5. The second kappa shape index (κ2) is 9.49. The van der Waals surface area contributed by atoms with Crippen LogP contribution in [0.1, 0.15) is 32.7 Å². The molecule has 0 aliphatic carbocycles. The van der Waals surface area contributed by atoms with E-state index in [9.17, 15) is 4.79 Å². The fourth-order valence-electron chi connectivity index (χ4n) is 4.61. The summed E-state index contributed by atoms with van der Waals surface area (Å²) in [7, 11) is 3.52. The zero-order chi connectivity index (χ0) is 23.5. The molecule has 1 aromatic carbocycles. The summed E-state index contributed by atoms with van der Waals surface area (Å²) in [4.78, 5) is 17.9. The molecule has 8 heteroatoms. The van der Waals surface area contributed by atoms with Gasteiger partial charge in [0.15, 0.2) is 0 Å². The normalized spacial score (nSPS) is 14.1. The number of aryl methyl sites for hydroxylation is 1. The summed E-state index contributed by atoms with van der Waals surface area (Å²) in [6.07, 6.45) is 7.22. The Hall–Kier alpha value is -3.60. The van der Waals surface area contributed by atoms with Gasteiger partial charge in [-0.1, -0.05) is 26.5 Å². The molecule has 33 heavy (non-hydrogen) atoms. The molecule has 1 aliphatic rings. The molecule has 1 saturated heterocycles. The van der Waals surface area contributed by atoms with Crippen molar-refractivity contribution in [1.82, 2.24) is 19.3 Å². The van der Waals surface area contributed by atoms with Gasteiger partial charge in [0.05, 0.1) is 29.2 Å². The van der Waals surface area contributed by atoms with Crippen LogP contribution in [0, 0.1) is 11.2 Å². The molecule has 3 aromatic heterocycles. The highest BCUT2D eigenvalue weighted by molar-refractivity contribution is 6.67. The van der Waals surface area contributed by atoms with Crippen LogP contribution in [-0.4, -0.2) is 33.2 Å². The molecule has 0 N–H and O–H groups in total. The summed E-state index contributed by atoms with van der Waals surface area (Å²) in [5, 5.41) is 15.2. The molecular formula is C25H28BN5O2. The number of nitriles is 1. The van der Waals surface area contributed by atoms with E-state index in [-0.39, 0.29) is 18.3 Å². The maximum Gasteiger partial charge on any atom is 0.268 e. The van der Waals surface area contributed by atoms with Gasteiger partial charge in [0, 0.05) is 48.5 Å². The monoisotopic (exact) mass is 441 g/mol. The van der Waals surface area contributed by atoms with Gasteiger partial charge in [-0.2, -0.15) is 5.10 Å². The van der Waals surface area contributed by atoms with E-state index in [1.165, 1.54) is 0 Å². The Bertz CT molecular complexity index is 1390. The minimum atomic E-state index is -0.0216. The first kappa shape index (κ1) is 22.6. The number of methoxy groups -OCH3 is 1. The molecule has 0 bridgehead atoms. The van der Waals surface area contributed by atoms with Gasteiger partial charge >= 0.3 is 0 Å². The SMILES string of the molecule is CC.COc1cc2nn(C)cc2cc1-c1ccc2c(=O)n(C3CCB(C#N)CC3)ccc2n1. The van der Waals surface area contributed by atoms with E-state index in [2.05, 4.69) is 11.1 Å². The van der Waals surface area contributed by atoms with Crippen molar-refractivity contribution < 1.29 is 4.74 Å². The van der Waals surface area contributed by atoms with Crippen LogP contribution in [0.15, 0.2) is 47.5 Å². The Morgan fingerprint density at radius 2 is 1.91 bits per heavy atom. The molecular weight excluding hydrogens is 413 g/mol. The average Bonchev–Trinajstić information content (AvgIpc) is 3.23. The molecule has 5 rings (SSSR count). The average molecular weight is 441 g/mol. The molecule has 4 aromatic rings. The fraction of sp³-hybridized carbons (Fsp3) is 0.360. The Labute approximate surface area is 193 Å². The topological polar surface area (TPSA) is 85.7 Å². The smallest absolute Gasteiger partial charge is 0.268 e. The lowest BCUT2D eigenvalue weighted by Crippen LogP contribution is -2.29. The lowest BCUT2D eigenvalue weighted by atomic mass is 9.42. The van der Waals surface area contributed by atoms with Gasteiger partial charge in [-0.05, 0) is 37.1 Å². The van der Waals surface area contributed by atoms with Crippen molar-refractivity contribution >= 4 is 28.5 Å². The number of rotatable bonds is 3. The van der Waals surface area contributed by atoms with E-state index < -0.39 is 0 Å². The van der Waals surface area contributed by atoms with E-state index in [1.54, 1.807) is 11.8 Å². The van der Waals surface area contributed by atoms with Crippen molar-refractivity contribution in [2.45, 2.75) is 45.4 Å². The highest BCUT2D eigenvalue weighted by Gasteiger charge is 2.26. The third kappa shape index (κ3) is 4.23.